The second-order valence-corrected chi connectivity index (χ2v) is 4.12. The average Bonchev–Trinajstić information content (AvgIpc) is 2.87. The zero-order valence-electron chi connectivity index (χ0n) is 10.9. The van der Waals surface area contributed by atoms with Gasteiger partial charge in [0.25, 0.3) is 0 Å². The maximum Gasteiger partial charge on any atom is 0.387 e. The van der Waals surface area contributed by atoms with Crippen molar-refractivity contribution in [2.75, 3.05) is 19.5 Å². The molecule has 0 amide bonds. The summed E-state index contributed by atoms with van der Waals surface area (Å²) in [7, 11) is 1.61. The zero-order chi connectivity index (χ0) is 14.5. The molecule has 0 radical (unpaired) electrons. The first-order chi connectivity index (χ1) is 9.60. The molecule has 5 nitrogen and oxygen atoms in total. The number of anilines is 1. The van der Waals surface area contributed by atoms with Gasteiger partial charge in [-0.15, -0.1) is 0 Å². The molecule has 20 heavy (non-hydrogen) atoms. The number of ether oxygens (including phenoxy) is 2. The molecule has 0 aliphatic rings. The zero-order valence-corrected chi connectivity index (χ0v) is 10.9. The Morgan fingerprint density at radius 3 is 2.85 bits per heavy atom. The van der Waals surface area contributed by atoms with E-state index >= 15 is 0 Å². The van der Waals surface area contributed by atoms with E-state index in [0.29, 0.717) is 18.7 Å². The van der Waals surface area contributed by atoms with Gasteiger partial charge in [-0.05, 0) is 17.7 Å². The molecule has 108 valence electrons. The lowest BCUT2D eigenvalue weighted by molar-refractivity contribution is -0.0492. The van der Waals surface area contributed by atoms with Gasteiger partial charge in [-0.1, -0.05) is 6.07 Å². The van der Waals surface area contributed by atoms with Gasteiger partial charge in [0.05, 0.1) is 25.0 Å². The molecule has 0 aliphatic carbocycles. The van der Waals surface area contributed by atoms with E-state index in [-0.39, 0.29) is 11.4 Å². The average molecular weight is 283 g/mol. The van der Waals surface area contributed by atoms with E-state index in [1.807, 2.05) is 0 Å². The van der Waals surface area contributed by atoms with Crippen LogP contribution in [0.25, 0.3) is 11.1 Å². The van der Waals surface area contributed by atoms with Crippen molar-refractivity contribution in [2.24, 2.45) is 0 Å². The molecular weight excluding hydrogens is 268 g/mol. The lowest BCUT2D eigenvalue weighted by atomic mass is 10.1. The van der Waals surface area contributed by atoms with Crippen LogP contribution in [0.5, 0.6) is 5.75 Å². The molecule has 0 aliphatic heterocycles. The highest BCUT2D eigenvalue weighted by atomic mass is 19.3. The van der Waals surface area contributed by atoms with Crippen molar-refractivity contribution in [2.45, 2.75) is 13.2 Å². The standard InChI is InChI=1S/C13H15F2N3O2/c1-19-5-4-18-8-10(7-17-18)9-2-3-11(16)12(6-9)20-13(14)15/h2-3,6-8,13H,4-5,16H2,1H3. The minimum Gasteiger partial charge on any atom is -0.433 e. The van der Waals surface area contributed by atoms with Crippen LogP contribution in [0.4, 0.5) is 14.5 Å². The summed E-state index contributed by atoms with van der Waals surface area (Å²) in [5, 5.41) is 4.16. The van der Waals surface area contributed by atoms with Crippen LogP contribution in [0.15, 0.2) is 30.6 Å². The van der Waals surface area contributed by atoms with E-state index in [2.05, 4.69) is 9.84 Å². The summed E-state index contributed by atoms with van der Waals surface area (Å²) in [4.78, 5) is 0. The number of halogens is 2. The number of rotatable bonds is 6. The third kappa shape index (κ3) is 3.45. The lowest BCUT2D eigenvalue weighted by Crippen LogP contribution is -2.04. The van der Waals surface area contributed by atoms with E-state index in [9.17, 15) is 8.78 Å². The summed E-state index contributed by atoms with van der Waals surface area (Å²) in [5.74, 6) is -0.0397. The smallest absolute Gasteiger partial charge is 0.387 e. The van der Waals surface area contributed by atoms with E-state index in [1.54, 1.807) is 30.3 Å². The molecule has 1 aromatic carbocycles. The predicted molar refractivity (Wildman–Crippen MR) is 70.6 cm³/mol. The van der Waals surface area contributed by atoms with Crippen molar-refractivity contribution < 1.29 is 18.3 Å². The number of nitrogens with two attached hydrogens (primary N) is 1. The first-order valence-electron chi connectivity index (χ1n) is 5.96. The number of aromatic nitrogens is 2. The molecule has 0 saturated carbocycles. The Bertz CT molecular complexity index is 572. The molecule has 0 atom stereocenters. The van der Waals surface area contributed by atoms with Crippen LogP contribution >= 0.6 is 0 Å². The fourth-order valence-corrected chi connectivity index (χ4v) is 1.73. The van der Waals surface area contributed by atoms with Crippen molar-refractivity contribution in [1.82, 2.24) is 9.78 Å². The molecule has 7 heteroatoms. The Kier molecular flexibility index (Phi) is 4.52. The van der Waals surface area contributed by atoms with Crippen molar-refractivity contribution in [3.63, 3.8) is 0 Å². The summed E-state index contributed by atoms with van der Waals surface area (Å²) in [6.07, 6.45) is 3.45. The minimum atomic E-state index is -2.91. The molecule has 0 unspecified atom stereocenters. The number of hydrogen-bond acceptors (Lipinski definition) is 4. The maximum atomic E-state index is 12.3. The molecule has 1 heterocycles. The molecule has 2 N–H and O–H groups in total. The highest BCUT2D eigenvalue weighted by molar-refractivity contribution is 5.68. The van der Waals surface area contributed by atoms with Crippen LogP contribution in [0.1, 0.15) is 0 Å². The summed E-state index contributed by atoms with van der Waals surface area (Å²) in [6.45, 7) is -1.74. The van der Waals surface area contributed by atoms with Crippen LogP contribution in [0.3, 0.4) is 0 Å². The number of hydrogen-bond donors (Lipinski definition) is 1. The largest absolute Gasteiger partial charge is 0.433 e. The number of nitrogens with zero attached hydrogens (tertiary/aromatic N) is 2. The molecule has 2 aromatic rings. The third-order valence-electron chi connectivity index (χ3n) is 2.72. The normalized spacial score (nSPS) is 11.0. The third-order valence-corrected chi connectivity index (χ3v) is 2.72. The van der Waals surface area contributed by atoms with Gasteiger partial charge < -0.3 is 15.2 Å². The molecule has 2 rings (SSSR count). The molecule has 0 spiro atoms. The molecule has 0 fully saturated rings. The van der Waals surface area contributed by atoms with Gasteiger partial charge in [0, 0.05) is 18.9 Å². The Morgan fingerprint density at radius 2 is 2.15 bits per heavy atom. The molecule has 0 saturated heterocycles. The minimum absolute atomic E-state index is 0.0397. The van der Waals surface area contributed by atoms with E-state index < -0.39 is 6.61 Å². The van der Waals surface area contributed by atoms with Crippen LogP contribution in [-0.4, -0.2) is 30.1 Å². The SMILES string of the molecule is COCCn1cc(-c2ccc(N)c(OC(F)F)c2)cn1. The van der Waals surface area contributed by atoms with Crippen molar-refractivity contribution >= 4 is 5.69 Å². The van der Waals surface area contributed by atoms with Crippen molar-refractivity contribution in [3.8, 4) is 16.9 Å². The quantitative estimate of drug-likeness (QED) is 0.827. The molecular formula is C13H15F2N3O2. The lowest BCUT2D eigenvalue weighted by Gasteiger charge is -2.08. The first-order valence-corrected chi connectivity index (χ1v) is 5.96. The van der Waals surface area contributed by atoms with Gasteiger partial charge in [-0.2, -0.15) is 13.9 Å². The predicted octanol–water partition coefficient (Wildman–Crippen LogP) is 2.38. The second kappa shape index (κ2) is 6.33. The van der Waals surface area contributed by atoms with E-state index in [0.717, 1.165) is 5.56 Å². The number of alkyl halides is 2. The number of nitrogen functional groups attached to an aromatic ring is 1. The fraction of sp³-hybridized carbons (Fsp3) is 0.308. The highest BCUT2D eigenvalue weighted by Gasteiger charge is 2.10. The van der Waals surface area contributed by atoms with Gasteiger partial charge >= 0.3 is 6.61 Å². The molecule has 1 aromatic heterocycles. The monoisotopic (exact) mass is 283 g/mol. The summed E-state index contributed by atoms with van der Waals surface area (Å²) in [6, 6.07) is 4.73. The highest BCUT2D eigenvalue weighted by Crippen LogP contribution is 2.29. The van der Waals surface area contributed by atoms with Crippen LogP contribution in [0, 0.1) is 0 Å². The molecule has 0 bridgehead atoms. The Balaban J connectivity index is 2.21. The van der Waals surface area contributed by atoms with E-state index in [1.165, 1.54) is 12.1 Å². The summed E-state index contributed by atoms with van der Waals surface area (Å²) in [5.41, 5.74) is 7.26. The van der Waals surface area contributed by atoms with Crippen LogP contribution in [-0.2, 0) is 11.3 Å². The van der Waals surface area contributed by atoms with Crippen molar-refractivity contribution in [1.29, 1.82) is 0 Å². The Labute approximate surface area is 114 Å². The first kappa shape index (κ1) is 14.3. The van der Waals surface area contributed by atoms with Gasteiger partial charge in [-0.25, -0.2) is 0 Å². The van der Waals surface area contributed by atoms with Crippen LogP contribution < -0.4 is 10.5 Å². The van der Waals surface area contributed by atoms with Gasteiger partial charge in [0.1, 0.15) is 5.75 Å². The van der Waals surface area contributed by atoms with Gasteiger partial charge in [0.2, 0.25) is 0 Å². The van der Waals surface area contributed by atoms with Crippen LogP contribution in [0.2, 0.25) is 0 Å². The Morgan fingerprint density at radius 1 is 1.35 bits per heavy atom. The van der Waals surface area contributed by atoms with Gasteiger partial charge in [-0.3, -0.25) is 4.68 Å². The second-order valence-electron chi connectivity index (χ2n) is 4.12. The number of benzene rings is 1. The van der Waals surface area contributed by atoms with Crippen molar-refractivity contribution in [3.05, 3.63) is 30.6 Å². The number of methoxy groups -OCH3 is 1. The Hall–Kier alpha value is -2.15. The van der Waals surface area contributed by atoms with Gasteiger partial charge in [0.15, 0.2) is 0 Å². The summed E-state index contributed by atoms with van der Waals surface area (Å²) >= 11 is 0. The summed E-state index contributed by atoms with van der Waals surface area (Å²) < 4.78 is 35.6. The van der Waals surface area contributed by atoms with E-state index in [4.69, 9.17) is 10.5 Å². The fourth-order valence-electron chi connectivity index (χ4n) is 1.73. The topological polar surface area (TPSA) is 62.3 Å². The maximum absolute atomic E-state index is 12.3.